The lowest BCUT2D eigenvalue weighted by Gasteiger charge is -2.23. The molecule has 0 unspecified atom stereocenters. The highest BCUT2D eigenvalue weighted by atomic mass is 79.9. The Morgan fingerprint density at radius 3 is 2.61 bits per heavy atom. The average molecular weight is 395 g/mol. The predicted molar refractivity (Wildman–Crippen MR) is 101 cm³/mol. The van der Waals surface area contributed by atoms with Gasteiger partial charge >= 0.3 is 0 Å². The normalized spacial score (nSPS) is 12.6. The first-order valence-electron chi connectivity index (χ1n) is 7.72. The van der Waals surface area contributed by atoms with Crippen LogP contribution < -0.4 is 5.32 Å². The molecule has 1 heterocycles. The minimum absolute atomic E-state index is 0.0617. The second-order valence-corrected chi connectivity index (χ2v) is 7.90. The van der Waals surface area contributed by atoms with Crippen LogP contribution in [0, 0.1) is 5.92 Å². The molecular weight excluding hydrogens is 372 g/mol. The maximum absolute atomic E-state index is 12.4. The van der Waals surface area contributed by atoms with Crippen LogP contribution in [0.15, 0.2) is 46.3 Å². The molecule has 0 aliphatic carbocycles. The Kier molecular flexibility index (Phi) is 6.81. The number of carbonyl (C=O) groups excluding carboxylic acids is 1. The lowest BCUT2D eigenvalue weighted by molar-refractivity contribution is -0.123. The molecule has 23 heavy (non-hydrogen) atoms. The van der Waals surface area contributed by atoms with E-state index in [1.165, 1.54) is 10.4 Å². The predicted octanol–water partition coefficient (Wildman–Crippen LogP) is 4.46. The zero-order chi connectivity index (χ0) is 16.8. The smallest absolute Gasteiger partial charge is 0.234 e. The van der Waals surface area contributed by atoms with Gasteiger partial charge in [-0.15, -0.1) is 11.3 Å². The fourth-order valence-corrected chi connectivity index (χ4v) is 3.83. The van der Waals surface area contributed by atoms with Crippen molar-refractivity contribution in [3.05, 3.63) is 56.7 Å². The van der Waals surface area contributed by atoms with E-state index < -0.39 is 0 Å². The van der Waals surface area contributed by atoms with E-state index in [9.17, 15) is 4.79 Å². The molecule has 3 nitrogen and oxygen atoms in total. The SMILES string of the molecule is CC(C)[C@H](NC(=O)CN(C)Cc1ccccc1Br)c1cccs1. The second-order valence-electron chi connectivity index (χ2n) is 6.07. The molecule has 0 saturated heterocycles. The number of carbonyl (C=O) groups is 1. The van der Waals surface area contributed by atoms with Gasteiger partial charge in [0, 0.05) is 15.9 Å². The molecule has 0 aliphatic rings. The first-order valence-corrected chi connectivity index (χ1v) is 9.39. The summed E-state index contributed by atoms with van der Waals surface area (Å²) in [4.78, 5) is 15.6. The fraction of sp³-hybridized carbons (Fsp3) is 0.389. The van der Waals surface area contributed by atoms with Crippen LogP contribution in [0.25, 0.3) is 0 Å². The van der Waals surface area contributed by atoms with Gasteiger partial charge in [0.05, 0.1) is 12.6 Å². The van der Waals surface area contributed by atoms with E-state index in [0.29, 0.717) is 12.5 Å². The second kappa shape index (κ2) is 8.62. The van der Waals surface area contributed by atoms with Crippen molar-refractivity contribution in [1.29, 1.82) is 0 Å². The Morgan fingerprint density at radius 2 is 2.00 bits per heavy atom. The van der Waals surface area contributed by atoms with E-state index in [1.807, 2.05) is 36.2 Å². The molecular formula is C18H23BrN2OS. The molecule has 0 aliphatic heterocycles. The highest BCUT2D eigenvalue weighted by Gasteiger charge is 2.20. The summed E-state index contributed by atoms with van der Waals surface area (Å²) < 4.78 is 1.07. The Balaban J connectivity index is 1.92. The minimum atomic E-state index is 0.0617. The third kappa shape index (κ3) is 5.44. The summed E-state index contributed by atoms with van der Waals surface area (Å²) in [6, 6.07) is 12.3. The van der Waals surface area contributed by atoms with Gasteiger partial charge in [0.25, 0.3) is 0 Å². The van der Waals surface area contributed by atoms with Gasteiger partial charge in [-0.2, -0.15) is 0 Å². The van der Waals surface area contributed by atoms with Crippen molar-refractivity contribution in [3.8, 4) is 0 Å². The van der Waals surface area contributed by atoms with E-state index in [4.69, 9.17) is 0 Å². The van der Waals surface area contributed by atoms with E-state index in [1.54, 1.807) is 11.3 Å². The molecule has 1 aromatic heterocycles. The van der Waals surface area contributed by atoms with Crippen LogP contribution in [0.4, 0.5) is 0 Å². The number of likely N-dealkylation sites (N-methyl/N-ethyl adjacent to an activating group) is 1. The van der Waals surface area contributed by atoms with Crippen molar-refractivity contribution in [2.24, 2.45) is 5.92 Å². The number of benzene rings is 1. The zero-order valence-electron chi connectivity index (χ0n) is 13.8. The van der Waals surface area contributed by atoms with Crippen molar-refractivity contribution < 1.29 is 4.79 Å². The third-order valence-corrected chi connectivity index (χ3v) is 5.37. The minimum Gasteiger partial charge on any atom is -0.347 e. The Hall–Kier alpha value is -1.17. The van der Waals surface area contributed by atoms with Crippen molar-refractivity contribution in [2.45, 2.75) is 26.4 Å². The van der Waals surface area contributed by atoms with E-state index in [-0.39, 0.29) is 11.9 Å². The number of hydrogen-bond acceptors (Lipinski definition) is 3. The van der Waals surface area contributed by atoms with Crippen molar-refractivity contribution in [2.75, 3.05) is 13.6 Å². The summed E-state index contributed by atoms with van der Waals surface area (Å²) in [6.07, 6.45) is 0. The van der Waals surface area contributed by atoms with Gasteiger partial charge in [0.1, 0.15) is 0 Å². The largest absolute Gasteiger partial charge is 0.347 e. The topological polar surface area (TPSA) is 32.3 Å². The number of halogens is 1. The number of rotatable bonds is 7. The lowest BCUT2D eigenvalue weighted by Crippen LogP contribution is -2.38. The van der Waals surface area contributed by atoms with Crippen LogP contribution in [0.5, 0.6) is 0 Å². The standard InChI is InChI=1S/C18H23BrN2OS/c1-13(2)18(16-9-6-10-23-16)20-17(22)12-21(3)11-14-7-4-5-8-15(14)19/h4-10,13,18H,11-12H2,1-3H3,(H,20,22)/t18-/m0/s1. The van der Waals surface area contributed by atoms with Gasteiger partial charge in [0.2, 0.25) is 5.91 Å². The van der Waals surface area contributed by atoms with E-state index >= 15 is 0 Å². The monoisotopic (exact) mass is 394 g/mol. The van der Waals surface area contributed by atoms with Crippen LogP contribution in [-0.4, -0.2) is 24.4 Å². The molecule has 1 amide bonds. The molecule has 2 aromatic rings. The molecule has 1 aromatic carbocycles. The molecule has 5 heteroatoms. The zero-order valence-corrected chi connectivity index (χ0v) is 16.2. The van der Waals surface area contributed by atoms with Crippen molar-refractivity contribution >= 4 is 33.2 Å². The summed E-state index contributed by atoms with van der Waals surface area (Å²) in [6.45, 7) is 5.39. The number of nitrogens with zero attached hydrogens (tertiary/aromatic N) is 1. The van der Waals surface area contributed by atoms with Crippen LogP contribution in [0.1, 0.15) is 30.3 Å². The first kappa shape index (κ1) is 18.2. The van der Waals surface area contributed by atoms with Crippen LogP contribution in [-0.2, 0) is 11.3 Å². The molecule has 1 atom stereocenters. The van der Waals surface area contributed by atoms with E-state index in [0.717, 1.165) is 11.0 Å². The molecule has 2 rings (SSSR count). The van der Waals surface area contributed by atoms with Crippen LogP contribution in [0.2, 0.25) is 0 Å². The van der Waals surface area contributed by atoms with Crippen molar-refractivity contribution in [1.82, 2.24) is 10.2 Å². The summed E-state index contributed by atoms with van der Waals surface area (Å²) in [7, 11) is 1.97. The maximum atomic E-state index is 12.4. The average Bonchev–Trinajstić information content (AvgIpc) is 3.00. The van der Waals surface area contributed by atoms with Crippen LogP contribution >= 0.6 is 27.3 Å². The summed E-state index contributed by atoms with van der Waals surface area (Å²) >= 11 is 5.24. The number of hydrogen-bond donors (Lipinski definition) is 1. The summed E-state index contributed by atoms with van der Waals surface area (Å²) in [5, 5.41) is 5.22. The third-order valence-electron chi connectivity index (χ3n) is 3.64. The summed E-state index contributed by atoms with van der Waals surface area (Å²) in [5.74, 6) is 0.429. The number of thiophene rings is 1. The lowest BCUT2D eigenvalue weighted by atomic mass is 10.0. The molecule has 0 fully saturated rings. The number of amides is 1. The summed E-state index contributed by atoms with van der Waals surface area (Å²) in [5.41, 5.74) is 1.18. The van der Waals surface area contributed by atoms with Gasteiger partial charge in [-0.3, -0.25) is 9.69 Å². The molecule has 1 N–H and O–H groups in total. The van der Waals surface area contributed by atoms with Crippen LogP contribution in [0.3, 0.4) is 0 Å². The van der Waals surface area contributed by atoms with Gasteiger partial charge in [-0.1, -0.05) is 54.0 Å². The molecule has 124 valence electrons. The Labute approximate surface area is 150 Å². The van der Waals surface area contributed by atoms with Crippen molar-refractivity contribution in [3.63, 3.8) is 0 Å². The Morgan fingerprint density at radius 1 is 1.26 bits per heavy atom. The molecule has 0 spiro atoms. The molecule has 0 saturated carbocycles. The van der Waals surface area contributed by atoms with Gasteiger partial charge in [0.15, 0.2) is 0 Å². The van der Waals surface area contributed by atoms with Gasteiger partial charge < -0.3 is 5.32 Å². The highest BCUT2D eigenvalue weighted by molar-refractivity contribution is 9.10. The molecule has 0 bridgehead atoms. The number of nitrogens with one attached hydrogen (secondary N) is 1. The molecule has 0 radical (unpaired) electrons. The quantitative estimate of drug-likeness (QED) is 0.751. The maximum Gasteiger partial charge on any atom is 0.234 e. The highest BCUT2D eigenvalue weighted by Crippen LogP contribution is 2.25. The van der Waals surface area contributed by atoms with Gasteiger partial charge in [-0.05, 0) is 36.0 Å². The first-order chi connectivity index (χ1) is 11.0. The van der Waals surface area contributed by atoms with E-state index in [2.05, 4.69) is 52.6 Å². The van der Waals surface area contributed by atoms with Gasteiger partial charge in [-0.25, -0.2) is 0 Å². The Bertz CT molecular complexity index is 628. The fourth-order valence-electron chi connectivity index (χ4n) is 2.47.